The first kappa shape index (κ1) is 9.43. The SMILES string of the molecule is C=CC(N)c1ccc(F)c(C#N)c1. The fourth-order valence-corrected chi connectivity index (χ4v) is 0.972. The minimum atomic E-state index is -0.525. The van der Waals surface area contributed by atoms with Crippen LogP contribution >= 0.6 is 0 Å². The highest BCUT2D eigenvalue weighted by Gasteiger charge is 2.05. The van der Waals surface area contributed by atoms with Crippen LogP contribution in [0.25, 0.3) is 0 Å². The predicted octanol–water partition coefficient (Wildman–Crippen LogP) is 1.88. The van der Waals surface area contributed by atoms with Gasteiger partial charge in [-0.15, -0.1) is 6.58 Å². The maximum Gasteiger partial charge on any atom is 0.140 e. The van der Waals surface area contributed by atoms with Crippen LogP contribution in [0.15, 0.2) is 30.9 Å². The van der Waals surface area contributed by atoms with Gasteiger partial charge in [-0.05, 0) is 17.7 Å². The molecule has 0 aliphatic rings. The number of nitrogens with zero attached hydrogens (tertiary/aromatic N) is 1. The summed E-state index contributed by atoms with van der Waals surface area (Å²) in [4.78, 5) is 0. The Morgan fingerprint density at radius 1 is 1.62 bits per heavy atom. The second kappa shape index (κ2) is 3.83. The lowest BCUT2D eigenvalue weighted by Gasteiger charge is -2.06. The number of nitrogens with two attached hydrogens (primary N) is 1. The van der Waals surface area contributed by atoms with Crippen LogP contribution in [0.5, 0.6) is 0 Å². The molecular formula is C10H9FN2. The molecule has 0 fully saturated rings. The Kier molecular flexibility index (Phi) is 2.78. The van der Waals surface area contributed by atoms with Gasteiger partial charge in [-0.2, -0.15) is 5.26 Å². The molecule has 1 aromatic carbocycles. The van der Waals surface area contributed by atoms with Gasteiger partial charge in [0.2, 0.25) is 0 Å². The van der Waals surface area contributed by atoms with Crippen molar-refractivity contribution in [2.75, 3.05) is 0 Å². The number of halogens is 1. The van der Waals surface area contributed by atoms with Gasteiger partial charge in [0.25, 0.3) is 0 Å². The fourth-order valence-electron chi connectivity index (χ4n) is 0.972. The predicted molar refractivity (Wildman–Crippen MR) is 48.2 cm³/mol. The molecular weight excluding hydrogens is 167 g/mol. The summed E-state index contributed by atoms with van der Waals surface area (Å²) in [6.07, 6.45) is 1.54. The Hall–Kier alpha value is -1.66. The molecule has 0 spiro atoms. The smallest absolute Gasteiger partial charge is 0.140 e. The van der Waals surface area contributed by atoms with Gasteiger partial charge in [0.15, 0.2) is 0 Å². The summed E-state index contributed by atoms with van der Waals surface area (Å²) < 4.78 is 12.8. The van der Waals surface area contributed by atoms with E-state index in [1.807, 2.05) is 0 Å². The minimum Gasteiger partial charge on any atom is -0.321 e. The first-order chi connectivity index (χ1) is 6.19. The molecule has 66 valence electrons. The van der Waals surface area contributed by atoms with Crippen molar-refractivity contribution in [2.45, 2.75) is 6.04 Å². The summed E-state index contributed by atoms with van der Waals surface area (Å²) in [5, 5.41) is 8.54. The van der Waals surface area contributed by atoms with Crippen LogP contribution in [0.1, 0.15) is 17.2 Å². The zero-order chi connectivity index (χ0) is 9.84. The molecule has 3 heteroatoms. The van der Waals surface area contributed by atoms with Gasteiger partial charge in [0.05, 0.1) is 5.56 Å². The van der Waals surface area contributed by atoms with Gasteiger partial charge in [0.1, 0.15) is 11.9 Å². The van der Waals surface area contributed by atoms with Gasteiger partial charge in [-0.25, -0.2) is 4.39 Å². The lowest BCUT2D eigenvalue weighted by molar-refractivity contribution is 0.622. The van der Waals surface area contributed by atoms with Crippen molar-refractivity contribution < 1.29 is 4.39 Å². The molecule has 0 bridgehead atoms. The van der Waals surface area contributed by atoms with Crippen LogP contribution in [-0.4, -0.2) is 0 Å². The quantitative estimate of drug-likeness (QED) is 0.699. The molecule has 1 aromatic rings. The molecule has 0 saturated heterocycles. The minimum absolute atomic E-state index is 0.00907. The monoisotopic (exact) mass is 176 g/mol. The maximum atomic E-state index is 12.8. The van der Waals surface area contributed by atoms with Crippen molar-refractivity contribution in [3.63, 3.8) is 0 Å². The lowest BCUT2D eigenvalue weighted by atomic mass is 10.0. The van der Waals surface area contributed by atoms with Crippen LogP contribution in [0.2, 0.25) is 0 Å². The molecule has 0 radical (unpaired) electrons. The summed E-state index contributed by atoms with van der Waals surface area (Å²) in [6, 6.07) is 5.61. The van der Waals surface area contributed by atoms with Crippen LogP contribution in [0, 0.1) is 17.1 Å². The third kappa shape index (κ3) is 1.92. The van der Waals surface area contributed by atoms with E-state index >= 15 is 0 Å². The lowest BCUT2D eigenvalue weighted by Crippen LogP contribution is -2.06. The summed E-state index contributed by atoms with van der Waals surface area (Å²) in [6.45, 7) is 3.51. The van der Waals surface area contributed by atoms with E-state index in [4.69, 9.17) is 11.0 Å². The Labute approximate surface area is 76.1 Å². The highest BCUT2D eigenvalue weighted by molar-refractivity contribution is 5.36. The number of rotatable bonds is 2. The highest BCUT2D eigenvalue weighted by Crippen LogP contribution is 2.15. The second-order valence-electron chi connectivity index (χ2n) is 2.61. The van der Waals surface area contributed by atoms with E-state index in [9.17, 15) is 4.39 Å². The van der Waals surface area contributed by atoms with Crippen LogP contribution in [0.4, 0.5) is 4.39 Å². The average molecular weight is 176 g/mol. The van der Waals surface area contributed by atoms with Gasteiger partial charge >= 0.3 is 0 Å². The van der Waals surface area contributed by atoms with E-state index in [0.717, 1.165) is 0 Å². The first-order valence-corrected chi connectivity index (χ1v) is 3.76. The number of nitriles is 1. The summed E-state index contributed by atoms with van der Waals surface area (Å²) >= 11 is 0. The zero-order valence-electron chi connectivity index (χ0n) is 7.00. The van der Waals surface area contributed by atoms with Crippen molar-refractivity contribution in [3.05, 3.63) is 47.8 Å². The van der Waals surface area contributed by atoms with E-state index in [-0.39, 0.29) is 11.6 Å². The van der Waals surface area contributed by atoms with Crippen molar-refractivity contribution in [1.82, 2.24) is 0 Å². The van der Waals surface area contributed by atoms with E-state index < -0.39 is 5.82 Å². The van der Waals surface area contributed by atoms with E-state index in [2.05, 4.69) is 6.58 Å². The van der Waals surface area contributed by atoms with Crippen molar-refractivity contribution in [2.24, 2.45) is 5.73 Å². The average Bonchev–Trinajstić information content (AvgIpc) is 2.17. The largest absolute Gasteiger partial charge is 0.321 e. The molecule has 13 heavy (non-hydrogen) atoms. The molecule has 0 saturated carbocycles. The molecule has 0 aliphatic carbocycles. The standard InChI is InChI=1S/C10H9FN2/c1-2-10(13)7-3-4-9(11)8(5-7)6-12/h2-5,10H,1,13H2. The van der Waals surface area contributed by atoms with Crippen LogP contribution in [0.3, 0.4) is 0 Å². The molecule has 1 unspecified atom stereocenters. The third-order valence-electron chi connectivity index (χ3n) is 1.75. The van der Waals surface area contributed by atoms with Gasteiger partial charge in [-0.3, -0.25) is 0 Å². The molecule has 0 amide bonds. The Morgan fingerprint density at radius 3 is 2.85 bits per heavy atom. The van der Waals surface area contributed by atoms with Crippen LogP contribution < -0.4 is 5.73 Å². The van der Waals surface area contributed by atoms with Gasteiger partial charge in [-0.1, -0.05) is 12.1 Å². The molecule has 0 aromatic heterocycles. The maximum absolute atomic E-state index is 12.8. The van der Waals surface area contributed by atoms with Crippen molar-refractivity contribution >= 4 is 0 Å². The molecule has 2 nitrogen and oxygen atoms in total. The zero-order valence-corrected chi connectivity index (χ0v) is 7.00. The Bertz CT molecular complexity index is 366. The summed E-state index contributed by atoms with van der Waals surface area (Å²) in [5.74, 6) is -0.525. The van der Waals surface area contributed by atoms with E-state index in [1.165, 1.54) is 18.2 Å². The second-order valence-corrected chi connectivity index (χ2v) is 2.61. The molecule has 1 atom stereocenters. The molecule has 0 aliphatic heterocycles. The normalized spacial score (nSPS) is 11.8. The number of hydrogen-bond donors (Lipinski definition) is 1. The van der Waals surface area contributed by atoms with E-state index in [1.54, 1.807) is 12.1 Å². The fraction of sp³-hybridized carbons (Fsp3) is 0.100. The molecule has 2 N–H and O–H groups in total. The highest BCUT2D eigenvalue weighted by atomic mass is 19.1. The van der Waals surface area contributed by atoms with Gasteiger partial charge < -0.3 is 5.73 Å². The Balaban J connectivity index is 3.15. The Morgan fingerprint density at radius 2 is 2.31 bits per heavy atom. The van der Waals surface area contributed by atoms with Crippen LogP contribution in [-0.2, 0) is 0 Å². The summed E-state index contributed by atoms with van der Waals surface area (Å²) in [7, 11) is 0. The topological polar surface area (TPSA) is 49.8 Å². The van der Waals surface area contributed by atoms with Crippen molar-refractivity contribution in [3.8, 4) is 6.07 Å². The third-order valence-corrected chi connectivity index (χ3v) is 1.75. The number of benzene rings is 1. The molecule has 1 rings (SSSR count). The number of hydrogen-bond acceptors (Lipinski definition) is 2. The molecule has 0 heterocycles. The summed E-state index contributed by atoms with van der Waals surface area (Å²) in [5.41, 5.74) is 6.32. The first-order valence-electron chi connectivity index (χ1n) is 3.76. The van der Waals surface area contributed by atoms with Crippen molar-refractivity contribution in [1.29, 1.82) is 5.26 Å². The van der Waals surface area contributed by atoms with E-state index in [0.29, 0.717) is 5.56 Å². The van der Waals surface area contributed by atoms with Gasteiger partial charge in [0, 0.05) is 6.04 Å².